The first-order valence-electron chi connectivity index (χ1n) is 13.8. The van der Waals surface area contributed by atoms with Crippen LogP contribution in [0.4, 0.5) is 0 Å². The number of benzene rings is 2. The van der Waals surface area contributed by atoms with Crippen molar-refractivity contribution in [3.05, 3.63) is 64.7 Å². The fourth-order valence-corrected chi connectivity index (χ4v) is 6.45. The second kappa shape index (κ2) is 10.5. The number of aliphatic imine (C=N–C) groups is 1. The number of carbonyl (C=O) groups excluding carboxylic acids is 1. The van der Waals surface area contributed by atoms with Gasteiger partial charge in [0.05, 0.1) is 42.9 Å². The lowest BCUT2D eigenvalue weighted by atomic mass is 9.84. The minimum atomic E-state index is -1.07. The predicted octanol–water partition coefficient (Wildman–Crippen LogP) is 3.12. The molecule has 0 bridgehead atoms. The van der Waals surface area contributed by atoms with Crippen LogP contribution in [-0.4, -0.2) is 58.4 Å². The van der Waals surface area contributed by atoms with Gasteiger partial charge in [-0.05, 0) is 48.6 Å². The number of carbonyl (C=O) groups is 1. The van der Waals surface area contributed by atoms with Crippen molar-refractivity contribution in [2.24, 2.45) is 16.6 Å². The quantitative estimate of drug-likeness (QED) is 0.382. The maximum atomic E-state index is 13.6. The summed E-state index contributed by atoms with van der Waals surface area (Å²) >= 11 is 0. The zero-order chi connectivity index (χ0) is 27.9. The van der Waals surface area contributed by atoms with Crippen molar-refractivity contribution in [2.75, 3.05) is 20.3 Å². The van der Waals surface area contributed by atoms with Crippen molar-refractivity contribution in [1.29, 1.82) is 0 Å². The molecular formula is C30H40N4O5. The highest BCUT2D eigenvalue weighted by Crippen LogP contribution is 2.44. The summed E-state index contributed by atoms with van der Waals surface area (Å²) < 4.78 is 11.6. The van der Waals surface area contributed by atoms with Crippen LogP contribution in [0.25, 0.3) is 0 Å². The average molecular weight is 537 g/mol. The summed E-state index contributed by atoms with van der Waals surface area (Å²) in [5.74, 6) is 0.577. The first kappa shape index (κ1) is 27.6. The Kier molecular flexibility index (Phi) is 7.45. The smallest absolute Gasteiger partial charge is 0.232 e. The molecule has 0 spiro atoms. The highest BCUT2D eigenvalue weighted by Gasteiger charge is 2.46. The lowest BCUT2D eigenvalue weighted by Gasteiger charge is -2.44. The molecule has 0 fully saturated rings. The van der Waals surface area contributed by atoms with Gasteiger partial charge in [0.15, 0.2) is 5.96 Å². The van der Waals surface area contributed by atoms with E-state index in [-0.39, 0.29) is 24.2 Å². The molecule has 0 saturated heterocycles. The van der Waals surface area contributed by atoms with Gasteiger partial charge in [0.2, 0.25) is 5.91 Å². The molecule has 2 unspecified atom stereocenters. The number of guanidine groups is 1. The van der Waals surface area contributed by atoms with Gasteiger partial charge < -0.3 is 25.4 Å². The van der Waals surface area contributed by atoms with E-state index in [0.29, 0.717) is 30.9 Å². The third-order valence-corrected chi connectivity index (χ3v) is 8.75. The third kappa shape index (κ3) is 4.93. The number of hydrogen-bond acceptors (Lipinski definition) is 8. The van der Waals surface area contributed by atoms with Gasteiger partial charge in [0.25, 0.3) is 0 Å². The van der Waals surface area contributed by atoms with E-state index in [1.807, 2.05) is 50.2 Å². The van der Waals surface area contributed by atoms with Crippen LogP contribution in [0, 0.1) is 5.92 Å². The Labute approximate surface area is 230 Å². The largest absolute Gasteiger partial charge is 0.493 e. The fourth-order valence-electron chi connectivity index (χ4n) is 6.45. The molecule has 0 radical (unpaired) electrons. The maximum Gasteiger partial charge on any atom is 0.232 e. The number of fused-ring (bicyclic) bond motifs is 2. The molecule has 5 rings (SSSR count). The number of nitrogens with zero attached hydrogens (tertiary/aromatic N) is 2. The summed E-state index contributed by atoms with van der Waals surface area (Å²) in [6, 6.07) is 12.4. The minimum absolute atomic E-state index is 0.0761. The summed E-state index contributed by atoms with van der Waals surface area (Å²) in [6.45, 7) is 6.56. The molecule has 2 aromatic rings. The van der Waals surface area contributed by atoms with Crippen molar-refractivity contribution in [1.82, 2.24) is 10.2 Å². The summed E-state index contributed by atoms with van der Waals surface area (Å²) in [4.78, 5) is 20.0. The van der Waals surface area contributed by atoms with Crippen LogP contribution >= 0.6 is 0 Å². The zero-order valence-corrected chi connectivity index (χ0v) is 23.2. The number of nitrogens with two attached hydrogens (primary N) is 1. The number of ether oxygens (including phenoxy) is 2. The Morgan fingerprint density at radius 3 is 2.64 bits per heavy atom. The topological polar surface area (TPSA) is 130 Å². The van der Waals surface area contributed by atoms with Gasteiger partial charge in [-0.1, -0.05) is 44.2 Å². The summed E-state index contributed by atoms with van der Waals surface area (Å²) in [5.41, 5.74) is 8.34. The van der Waals surface area contributed by atoms with E-state index < -0.39 is 29.5 Å². The molecule has 1 aliphatic carbocycles. The van der Waals surface area contributed by atoms with Crippen LogP contribution in [0.1, 0.15) is 80.6 Å². The third-order valence-electron chi connectivity index (χ3n) is 8.75. The second-order valence-electron chi connectivity index (χ2n) is 11.3. The van der Waals surface area contributed by atoms with Crippen molar-refractivity contribution in [3.63, 3.8) is 0 Å². The van der Waals surface area contributed by atoms with Gasteiger partial charge >= 0.3 is 0 Å². The number of methoxy groups -OCH3 is 1. The number of amides is 1. The molecule has 9 heteroatoms. The van der Waals surface area contributed by atoms with E-state index in [1.165, 1.54) is 0 Å². The number of hydrogen-bond donors (Lipinski definition) is 4. The standard InChI is InChI=1S/C30H40N4O5/c1-5-30(6-2)15-24(35)34(28(31)33-30)25-20(16-38-4)17-39-23-12-11-18(13-22(23)25)27(36)32-26-21-10-8-7-9-19(21)14-29(26,3)37/h7-13,20,25-27,32,36-37H,5-6,14-17H2,1-4H3,(H2,31,33)/t20-,25?,26-,27?,29-/m1/s1. The Morgan fingerprint density at radius 2 is 1.95 bits per heavy atom. The molecule has 1 amide bonds. The number of nitrogens with one attached hydrogen (secondary N) is 1. The summed E-state index contributed by atoms with van der Waals surface area (Å²) in [7, 11) is 1.62. The number of aliphatic hydroxyl groups excluding tert-OH is 1. The van der Waals surface area contributed by atoms with Crippen LogP contribution in [0.2, 0.25) is 0 Å². The van der Waals surface area contributed by atoms with Crippen LogP contribution in [0.15, 0.2) is 47.5 Å². The lowest BCUT2D eigenvalue weighted by Crippen LogP contribution is -2.55. The van der Waals surface area contributed by atoms with Gasteiger partial charge in [-0.3, -0.25) is 15.0 Å². The minimum Gasteiger partial charge on any atom is -0.493 e. The van der Waals surface area contributed by atoms with Crippen molar-refractivity contribution in [3.8, 4) is 5.75 Å². The average Bonchev–Trinajstić information content (AvgIpc) is 3.17. The van der Waals surface area contributed by atoms with Gasteiger partial charge in [-0.15, -0.1) is 0 Å². The molecule has 0 aromatic heterocycles. The molecule has 5 atom stereocenters. The highest BCUT2D eigenvalue weighted by atomic mass is 16.5. The maximum absolute atomic E-state index is 13.6. The van der Waals surface area contributed by atoms with E-state index >= 15 is 0 Å². The second-order valence-corrected chi connectivity index (χ2v) is 11.3. The Bertz CT molecular complexity index is 1260. The monoisotopic (exact) mass is 536 g/mol. The van der Waals surface area contributed by atoms with E-state index in [9.17, 15) is 15.0 Å². The lowest BCUT2D eigenvalue weighted by molar-refractivity contribution is -0.133. The Hall–Kier alpha value is -2.98. The van der Waals surface area contributed by atoms with Crippen LogP contribution in [0.3, 0.4) is 0 Å². The molecule has 9 nitrogen and oxygen atoms in total. The van der Waals surface area contributed by atoms with E-state index in [4.69, 9.17) is 20.2 Å². The number of aliphatic hydroxyl groups is 2. The summed E-state index contributed by atoms with van der Waals surface area (Å²) in [6.07, 6.45) is 1.17. The SMILES string of the molecule is CCC1(CC)CC(=O)N(C2c3cc(C(O)N[C@@H]4c5ccccc5C[C@@]4(C)O)ccc3OC[C@H]2COC)C(N)=N1. The van der Waals surface area contributed by atoms with E-state index in [2.05, 4.69) is 5.32 Å². The molecule has 39 heavy (non-hydrogen) atoms. The molecular weight excluding hydrogens is 496 g/mol. The van der Waals surface area contributed by atoms with Gasteiger partial charge in [0, 0.05) is 25.0 Å². The van der Waals surface area contributed by atoms with E-state index in [1.54, 1.807) is 25.0 Å². The van der Waals surface area contributed by atoms with Crippen molar-refractivity contribution < 1.29 is 24.5 Å². The van der Waals surface area contributed by atoms with Gasteiger partial charge in [-0.25, -0.2) is 4.99 Å². The zero-order valence-electron chi connectivity index (χ0n) is 23.2. The molecule has 5 N–H and O–H groups in total. The summed E-state index contributed by atoms with van der Waals surface area (Å²) in [5, 5.41) is 25.7. The number of rotatable bonds is 8. The van der Waals surface area contributed by atoms with Crippen molar-refractivity contribution >= 4 is 11.9 Å². The highest BCUT2D eigenvalue weighted by molar-refractivity contribution is 5.99. The van der Waals surface area contributed by atoms with E-state index in [0.717, 1.165) is 29.5 Å². The first-order chi connectivity index (χ1) is 18.6. The van der Waals surface area contributed by atoms with Gasteiger partial charge in [0.1, 0.15) is 12.0 Å². The Balaban J connectivity index is 1.50. The predicted molar refractivity (Wildman–Crippen MR) is 148 cm³/mol. The molecule has 2 heterocycles. The molecule has 0 saturated carbocycles. The van der Waals surface area contributed by atoms with Gasteiger partial charge in [-0.2, -0.15) is 0 Å². The van der Waals surface area contributed by atoms with Crippen LogP contribution in [0.5, 0.6) is 5.75 Å². The Morgan fingerprint density at radius 1 is 1.21 bits per heavy atom. The molecule has 3 aliphatic rings. The molecule has 2 aromatic carbocycles. The molecule has 2 aliphatic heterocycles. The fraction of sp³-hybridized carbons (Fsp3) is 0.533. The van der Waals surface area contributed by atoms with Crippen LogP contribution in [-0.2, 0) is 16.0 Å². The van der Waals surface area contributed by atoms with Crippen LogP contribution < -0.4 is 15.8 Å². The first-order valence-corrected chi connectivity index (χ1v) is 13.8. The normalized spacial score (nSPS) is 28.4. The molecule has 210 valence electrons. The van der Waals surface area contributed by atoms with Crippen molar-refractivity contribution in [2.45, 2.75) is 75.9 Å².